The lowest BCUT2D eigenvalue weighted by Crippen LogP contribution is -2.56. The molecular formula is C15H28N2O2. The number of carbonyl (C=O) groups is 1. The summed E-state index contributed by atoms with van der Waals surface area (Å²) in [6.07, 6.45) is 6.64. The third-order valence-corrected chi connectivity index (χ3v) is 4.86. The molecule has 2 fully saturated rings. The van der Waals surface area contributed by atoms with E-state index in [4.69, 9.17) is 4.74 Å². The fourth-order valence-electron chi connectivity index (χ4n) is 3.59. The number of hydrogen-bond acceptors (Lipinski definition) is 4. The number of ether oxygens (including phenoxy) is 1. The van der Waals surface area contributed by atoms with E-state index in [-0.39, 0.29) is 5.97 Å². The summed E-state index contributed by atoms with van der Waals surface area (Å²) in [4.78, 5) is 14.7. The maximum absolute atomic E-state index is 12.2. The molecule has 2 heterocycles. The van der Waals surface area contributed by atoms with Crippen LogP contribution in [-0.2, 0) is 9.53 Å². The number of hydrogen-bond donors (Lipinski definition) is 1. The van der Waals surface area contributed by atoms with Crippen LogP contribution in [0.4, 0.5) is 0 Å². The van der Waals surface area contributed by atoms with Gasteiger partial charge in [-0.25, -0.2) is 0 Å². The average molecular weight is 268 g/mol. The lowest BCUT2D eigenvalue weighted by Gasteiger charge is -2.40. The first-order valence-corrected chi connectivity index (χ1v) is 7.76. The molecule has 1 N–H and O–H groups in total. The number of likely N-dealkylation sites (tertiary alicyclic amines) is 1. The first kappa shape index (κ1) is 14.8. The van der Waals surface area contributed by atoms with E-state index < -0.39 is 5.54 Å². The molecule has 0 aliphatic carbocycles. The molecule has 4 nitrogen and oxygen atoms in total. The number of methoxy groups -OCH3 is 1. The Morgan fingerprint density at radius 2 is 2.11 bits per heavy atom. The van der Waals surface area contributed by atoms with Crippen molar-refractivity contribution in [1.29, 1.82) is 0 Å². The summed E-state index contributed by atoms with van der Waals surface area (Å²) in [6, 6.07) is 0. The molecule has 0 aromatic carbocycles. The van der Waals surface area contributed by atoms with E-state index in [2.05, 4.69) is 17.1 Å². The third-order valence-electron chi connectivity index (χ3n) is 4.86. The van der Waals surface area contributed by atoms with Gasteiger partial charge < -0.3 is 15.0 Å². The zero-order valence-electron chi connectivity index (χ0n) is 12.4. The summed E-state index contributed by atoms with van der Waals surface area (Å²) >= 11 is 0. The van der Waals surface area contributed by atoms with Gasteiger partial charge in [-0.15, -0.1) is 0 Å². The number of rotatable bonds is 4. The monoisotopic (exact) mass is 268 g/mol. The van der Waals surface area contributed by atoms with Crippen molar-refractivity contribution in [3.8, 4) is 0 Å². The summed E-state index contributed by atoms with van der Waals surface area (Å²) in [6.45, 7) is 6.67. The molecule has 0 radical (unpaired) electrons. The maximum atomic E-state index is 12.2. The van der Waals surface area contributed by atoms with E-state index in [1.54, 1.807) is 0 Å². The fraction of sp³-hybridized carbons (Fsp3) is 0.933. The summed E-state index contributed by atoms with van der Waals surface area (Å²) in [5.41, 5.74) is -0.397. The molecule has 2 saturated heterocycles. The highest BCUT2D eigenvalue weighted by Gasteiger charge is 2.42. The van der Waals surface area contributed by atoms with Crippen LogP contribution < -0.4 is 5.32 Å². The Morgan fingerprint density at radius 1 is 1.37 bits per heavy atom. The van der Waals surface area contributed by atoms with Crippen molar-refractivity contribution in [3.05, 3.63) is 0 Å². The van der Waals surface area contributed by atoms with E-state index in [1.807, 2.05) is 0 Å². The molecule has 2 rings (SSSR count). The Labute approximate surface area is 116 Å². The van der Waals surface area contributed by atoms with Crippen LogP contribution in [0.5, 0.6) is 0 Å². The molecule has 0 bridgehead atoms. The van der Waals surface area contributed by atoms with Crippen LogP contribution in [-0.4, -0.2) is 49.7 Å². The molecule has 0 saturated carbocycles. The fourth-order valence-corrected chi connectivity index (χ4v) is 3.59. The zero-order chi connectivity index (χ0) is 13.7. The Kier molecular flexibility index (Phi) is 5.22. The first-order valence-electron chi connectivity index (χ1n) is 7.76. The van der Waals surface area contributed by atoms with Gasteiger partial charge in [0.25, 0.3) is 0 Å². The van der Waals surface area contributed by atoms with Crippen LogP contribution in [0.2, 0.25) is 0 Å². The molecule has 1 atom stereocenters. The van der Waals surface area contributed by atoms with E-state index in [0.717, 1.165) is 32.4 Å². The number of esters is 1. The first-order chi connectivity index (χ1) is 9.20. The van der Waals surface area contributed by atoms with Crippen LogP contribution in [0.1, 0.15) is 45.4 Å². The second-order valence-electron chi connectivity index (χ2n) is 6.04. The molecule has 110 valence electrons. The van der Waals surface area contributed by atoms with Gasteiger partial charge in [0, 0.05) is 0 Å². The van der Waals surface area contributed by atoms with Crippen molar-refractivity contribution in [2.45, 2.75) is 51.0 Å². The van der Waals surface area contributed by atoms with Gasteiger partial charge in [0.05, 0.1) is 7.11 Å². The van der Waals surface area contributed by atoms with Crippen LogP contribution in [0.25, 0.3) is 0 Å². The molecule has 0 aromatic rings. The molecule has 1 unspecified atom stereocenters. The molecule has 0 aromatic heterocycles. The van der Waals surface area contributed by atoms with Crippen molar-refractivity contribution in [2.75, 3.05) is 33.3 Å². The normalized spacial score (nSPS) is 30.2. The third kappa shape index (κ3) is 3.48. The smallest absolute Gasteiger partial charge is 0.326 e. The van der Waals surface area contributed by atoms with E-state index in [9.17, 15) is 4.79 Å². The molecule has 0 spiro atoms. The van der Waals surface area contributed by atoms with Crippen molar-refractivity contribution in [3.63, 3.8) is 0 Å². The lowest BCUT2D eigenvalue weighted by atomic mass is 9.78. The largest absolute Gasteiger partial charge is 0.468 e. The van der Waals surface area contributed by atoms with Gasteiger partial charge in [-0.3, -0.25) is 4.79 Å². The van der Waals surface area contributed by atoms with Gasteiger partial charge in [-0.05, 0) is 70.6 Å². The Morgan fingerprint density at radius 3 is 2.63 bits per heavy atom. The van der Waals surface area contributed by atoms with Crippen molar-refractivity contribution in [2.24, 2.45) is 5.92 Å². The predicted molar refractivity (Wildman–Crippen MR) is 76.1 cm³/mol. The SMILES string of the molecule is CCN1CCC(CC2(C(=O)OC)CCCCN2)CC1. The van der Waals surface area contributed by atoms with Crippen LogP contribution in [0, 0.1) is 5.92 Å². The number of nitrogens with one attached hydrogen (secondary N) is 1. The van der Waals surface area contributed by atoms with Gasteiger partial charge in [0.2, 0.25) is 0 Å². The molecular weight excluding hydrogens is 240 g/mol. The van der Waals surface area contributed by atoms with E-state index in [1.165, 1.54) is 39.5 Å². The topological polar surface area (TPSA) is 41.6 Å². The highest BCUT2D eigenvalue weighted by molar-refractivity contribution is 5.80. The second kappa shape index (κ2) is 6.71. The Balaban J connectivity index is 1.95. The lowest BCUT2D eigenvalue weighted by molar-refractivity contribution is -0.151. The standard InChI is InChI=1S/C15H28N2O2/c1-3-17-10-6-13(7-11-17)12-15(14(18)19-2)8-4-5-9-16-15/h13,16H,3-12H2,1-2H3. The molecule has 4 heteroatoms. The minimum atomic E-state index is -0.397. The van der Waals surface area contributed by atoms with Crippen molar-refractivity contribution in [1.82, 2.24) is 10.2 Å². The molecule has 19 heavy (non-hydrogen) atoms. The van der Waals surface area contributed by atoms with Gasteiger partial charge in [-0.1, -0.05) is 6.92 Å². The van der Waals surface area contributed by atoms with Gasteiger partial charge in [-0.2, -0.15) is 0 Å². The number of carbonyl (C=O) groups excluding carboxylic acids is 1. The Bertz CT molecular complexity index is 293. The number of nitrogens with zero attached hydrogens (tertiary/aromatic N) is 1. The van der Waals surface area contributed by atoms with Crippen LogP contribution >= 0.6 is 0 Å². The molecule has 2 aliphatic rings. The second-order valence-corrected chi connectivity index (χ2v) is 6.04. The summed E-state index contributed by atoms with van der Waals surface area (Å²) in [7, 11) is 1.51. The summed E-state index contributed by atoms with van der Waals surface area (Å²) in [5.74, 6) is 0.609. The predicted octanol–water partition coefficient (Wildman–Crippen LogP) is 1.79. The minimum absolute atomic E-state index is 0.0508. The van der Waals surface area contributed by atoms with Gasteiger partial charge in [0.15, 0.2) is 0 Å². The molecule has 0 amide bonds. The number of piperidine rings is 2. The van der Waals surface area contributed by atoms with Crippen LogP contribution in [0.15, 0.2) is 0 Å². The van der Waals surface area contributed by atoms with Crippen molar-refractivity contribution < 1.29 is 9.53 Å². The van der Waals surface area contributed by atoms with Gasteiger partial charge >= 0.3 is 5.97 Å². The van der Waals surface area contributed by atoms with Gasteiger partial charge in [0.1, 0.15) is 5.54 Å². The zero-order valence-corrected chi connectivity index (χ0v) is 12.4. The molecule has 2 aliphatic heterocycles. The van der Waals surface area contributed by atoms with Crippen LogP contribution in [0.3, 0.4) is 0 Å². The average Bonchev–Trinajstić information content (AvgIpc) is 2.48. The Hall–Kier alpha value is -0.610. The van der Waals surface area contributed by atoms with E-state index >= 15 is 0 Å². The van der Waals surface area contributed by atoms with Crippen molar-refractivity contribution >= 4 is 5.97 Å². The maximum Gasteiger partial charge on any atom is 0.326 e. The quantitative estimate of drug-likeness (QED) is 0.789. The highest BCUT2D eigenvalue weighted by atomic mass is 16.5. The highest BCUT2D eigenvalue weighted by Crippen LogP contribution is 2.32. The summed E-state index contributed by atoms with van der Waals surface area (Å²) in [5, 5.41) is 3.47. The summed E-state index contributed by atoms with van der Waals surface area (Å²) < 4.78 is 5.07. The minimum Gasteiger partial charge on any atom is -0.468 e. The van der Waals surface area contributed by atoms with E-state index in [0.29, 0.717) is 5.92 Å².